The molecule has 0 unspecified atom stereocenters. The molecule has 0 atom stereocenters. The van der Waals surface area contributed by atoms with Gasteiger partial charge in [0.15, 0.2) is 8.07 Å². The fraction of sp³-hybridized carbons (Fsp3) is 0. The molecule has 0 aliphatic carbocycles. The number of rotatable bonds is 4. The molecule has 0 fully saturated rings. The third-order valence-corrected chi connectivity index (χ3v) is 15.7. The molecule has 10 rings (SSSR count). The first kappa shape index (κ1) is 25.1. The SMILES string of the molecule is c1ccc([Si](c2ccccc2)(c2ccccc2)c2cc3c4ccccc4n4c5cc6sc7ccccc7c6cc5c(c2)c34)cc1. The van der Waals surface area contributed by atoms with Crippen molar-refractivity contribution in [3.63, 3.8) is 0 Å². The molecule has 0 saturated carbocycles. The second kappa shape index (κ2) is 9.39. The normalized spacial score (nSPS) is 12.4. The molecule has 1 nitrogen and oxygen atoms in total. The Morgan fingerprint density at radius 1 is 0.356 bits per heavy atom. The van der Waals surface area contributed by atoms with Crippen molar-refractivity contribution in [3.8, 4) is 0 Å². The number of nitrogens with zero attached hydrogens (tertiary/aromatic N) is 1. The summed E-state index contributed by atoms with van der Waals surface area (Å²) in [5.41, 5.74) is 3.89. The summed E-state index contributed by atoms with van der Waals surface area (Å²) in [4.78, 5) is 0. The smallest absolute Gasteiger partial charge is 0.179 e. The average molecular weight is 606 g/mol. The Hall–Kier alpha value is -5.22. The van der Waals surface area contributed by atoms with Crippen LogP contribution in [0, 0.1) is 0 Å². The van der Waals surface area contributed by atoms with Crippen molar-refractivity contribution in [1.82, 2.24) is 4.40 Å². The first-order chi connectivity index (χ1) is 22.3. The van der Waals surface area contributed by atoms with Gasteiger partial charge in [0.2, 0.25) is 0 Å². The standard InChI is InChI=1S/C42H27NSSi/c1-4-14-28(15-5-1)45(29-16-6-2-7-17-29,30-18-8-3-9-19-30)31-24-36-32-20-10-12-22-38(32)43-39-27-41-35(26-34(39)37(25-31)42(36)43)33-21-11-13-23-40(33)44-41/h1-27H. The van der Waals surface area contributed by atoms with Crippen LogP contribution in [-0.4, -0.2) is 12.5 Å². The fourth-order valence-electron chi connectivity index (χ4n) is 8.00. The topological polar surface area (TPSA) is 4.41 Å². The first-order valence-electron chi connectivity index (χ1n) is 15.5. The minimum atomic E-state index is -2.72. The summed E-state index contributed by atoms with van der Waals surface area (Å²) >= 11 is 1.90. The van der Waals surface area contributed by atoms with Crippen molar-refractivity contribution in [1.29, 1.82) is 0 Å². The Morgan fingerprint density at radius 3 is 1.53 bits per heavy atom. The summed E-state index contributed by atoms with van der Waals surface area (Å²) in [5.74, 6) is 0. The fourth-order valence-corrected chi connectivity index (χ4v) is 13.9. The van der Waals surface area contributed by atoms with Gasteiger partial charge in [0.1, 0.15) is 0 Å². The van der Waals surface area contributed by atoms with E-state index in [1.807, 2.05) is 11.3 Å². The Kier molecular flexibility index (Phi) is 5.24. The first-order valence-corrected chi connectivity index (χ1v) is 18.3. The van der Waals surface area contributed by atoms with Gasteiger partial charge < -0.3 is 4.40 Å². The van der Waals surface area contributed by atoms with Crippen molar-refractivity contribution < 1.29 is 0 Å². The molecule has 0 amide bonds. The number of para-hydroxylation sites is 1. The van der Waals surface area contributed by atoms with Crippen LogP contribution in [-0.2, 0) is 0 Å². The summed E-state index contributed by atoms with van der Waals surface area (Å²) < 4.78 is 5.21. The molecule has 210 valence electrons. The van der Waals surface area contributed by atoms with E-state index in [9.17, 15) is 0 Å². The quantitative estimate of drug-likeness (QED) is 0.140. The lowest BCUT2D eigenvalue weighted by Crippen LogP contribution is -2.74. The van der Waals surface area contributed by atoms with Crippen LogP contribution in [0.25, 0.3) is 58.3 Å². The van der Waals surface area contributed by atoms with Gasteiger partial charge in [-0.2, -0.15) is 0 Å². The van der Waals surface area contributed by atoms with E-state index in [-0.39, 0.29) is 0 Å². The number of hydrogen-bond acceptors (Lipinski definition) is 1. The minimum Gasteiger partial charge on any atom is -0.308 e. The van der Waals surface area contributed by atoms with Crippen LogP contribution in [0.5, 0.6) is 0 Å². The van der Waals surface area contributed by atoms with Crippen LogP contribution in [0.1, 0.15) is 0 Å². The zero-order valence-electron chi connectivity index (χ0n) is 24.4. The molecule has 0 bridgehead atoms. The molecule has 0 spiro atoms. The van der Waals surface area contributed by atoms with Crippen molar-refractivity contribution in [2.24, 2.45) is 0 Å². The molecule has 0 N–H and O–H groups in total. The van der Waals surface area contributed by atoms with Gasteiger partial charge in [-0.15, -0.1) is 11.3 Å². The molecule has 3 aromatic heterocycles. The molecule has 7 aromatic carbocycles. The van der Waals surface area contributed by atoms with Gasteiger partial charge in [-0.25, -0.2) is 0 Å². The van der Waals surface area contributed by atoms with Gasteiger partial charge in [0, 0.05) is 41.7 Å². The Labute approximate surface area is 265 Å². The third kappa shape index (κ3) is 3.37. The van der Waals surface area contributed by atoms with Crippen LogP contribution < -0.4 is 20.7 Å². The lowest BCUT2D eigenvalue weighted by Gasteiger charge is -2.34. The van der Waals surface area contributed by atoms with Crippen molar-refractivity contribution in [2.45, 2.75) is 0 Å². The molecule has 10 aromatic rings. The summed E-state index contributed by atoms with van der Waals surface area (Å²) in [6.07, 6.45) is 0. The van der Waals surface area contributed by atoms with Gasteiger partial charge >= 0.3 is 0 Å². The molecular weight excluding hydrogens is 579 g/mol. The van der Waals surface area contributed by atoms with Gasteiger partial charge in [-0.05, 0) is 45.0 Å². The molecule has 0 aliphatic heterocycles. The van der Waals surface area contributed by atoms with E-state index in [0.717, 1.165) is 0 Å². The zero-order valence-corrected chi connectivity index (χ0v) is 26.3. The largest absolute Gasteiger partial charge is 0.308 e. The second-order valence-corrected chi connectivity index (χ2v) is 17.0. The van der Waals surface area contributed by atoms with E-state index >= 15 is 0 Å². The highest BCUT2D eigenvalue weighted by Gasteiger charge is 2.42. The summed E-state index contributed by atoms with van der Waals surface area (Å²) in [7, 11) is -2.72. The van der Waals surface area contributed by atoms with Crippen LogP contribution in [0.2, 0.25) is 0 Å². The predicted molar refractivity (Wildman–Crippen MR) is 198 cm³/mol. The van der Waals surface area contributed by atoms with E-state index in [2.05, 4.69) is 168 Å². The molecule has 3 heterocycles. The summed E-state index contributed by atoms with van der Waals surface area (Å²) in [6.45, 7) is 0. The van der Waals surface area contributed by atoms with Crippen LogP contribution in [0.3, 0.4) is 0 Å². The maximum atomic E-state index is 2.56. The lowest BCUT2D eigenvalue weighted by atomic mass is 10.1. The van der Waals surface area contributed by atoms with Gasteiger partial charge in [0.05, 0.1) is 16.6 Å². The number of hydrogen-bond donors (Lipinski definition) is 0. The van der Waals surface area contributed by atoms with Gasteiger partial charge in [-0.1, -0.05) is 140 Å². The van der Waals surface area contributed by atoms with Gasteiger partial charge in [-0.3, -0.25) is 0 Å². The highest BCUT2D eigenvalue weighted by atomic mass is 32.1. The number of benzene rings is 7. The Morgan fingerprint density at radius 2 is 0.889 bits per heavy atom. The maximum Gasteiger partial charge on any atom is 0.179 e. The molecular formula is C42H27NSSi. The van der Waals surface area contributed by atoms with E-state index in [4.69, 9.17) is 0 Å². The van der Waals surface area contributed by atoms with Crippen LogP contribution in [0.15, 0.2) is 164 Å². The highest BCUT2D eigenvalue weighted by molar-refractivity contribution is 7.26. The highest BCUT2D eigenvalue weighted by Crippen LogP contribution is 2.43. The van der Waals surface area contributed by atoms with E-state index < -0.39 is 8.07 Å². The number of fused-ring (bicyclic) bond motifs is 9. The van der Waals surface area contributed by atoms with Gasteiger partial charge in [0.25, 0.3) is 0 Å². The summed E-state index contributed by atoms with van der Waals surface area (Å²) in [5, 5.41) is 13.6. The summed E-state index contributed by atoms with van der Waals surface area (Å²) in [6, 6.07) is 61.6. The third-order valence-electron chi connectivity index (χ3n) is 9.85. The van der Waals surface area contributed by atoms with Crippen LogP contribution in [0.4, 0.5) is 0 Å². The predicted octanol–water partition coefficient (Wildman–Crippen LogP) is 8.58. The van der Waals surface area contributed by atoms with Crippen molar-refractivity contribution >= 4 is 98.4 Å². The van der Waals surface area contributed by atoms with Crippen LogP contribution >= 0.6 is 11.3 Å². The van der Waals surface area contributed by atoms with E-state index in [1.165, 1.54) is 79.0 Å². The van der Waals surface area contributed by atoms with E-state index in [0.29, 0.717) is 0 Å². The lowest BCUT2D eigenvalue weighted by molar-refractivity contribution is 1.38. The molecule has 45 heavy (non-hydrogen) atoms. The Balaban J connectivity index is 1.43. The van der Waals surface area contributed by atoms with Crippen molar-refractivity contribution in [2.75, 3.05) is 0 Å². The number of thiophene rings is 1. The minimum absolute atomic E-state index is 1.27. The second-order valence-electron chi connectivity index (χ2n) is 12.1. The molecule has 0 radical (unpaired) electrons. The van der Waals surface area contributed by atoms with E-state index in [1.54, 1.807) is 0 Å². The Bertz CT molecular complexity index is 2590. The molecule has 0 saturated heterocycles. The zero-order chi connectivity index (χ0) is 29.5. The molecule has 0 aliphatic rings. The number of aromatic nitrogens is 1. The monoisotopic (exact) mass is 605 g/mol. The average Bonchev–Trinajstić information content (AvgIpc) is 3.75. The molecule has 3 heteroatoms. The maximum absolute atomic E-state index is 2.72. The van der Waals surface area contributed by atoms with Crippen molar-refractivity contribution in [3.05, 3.63) is 164 Å².